The molecule has 0 radical (unpaired) electrons. The molecule has 2 N–H and O–H groups in total. The van der Waals surface area contributed by atoms with Crippen molar-refractivity contribution < 1.29 is 9.90 Å². The van der Waals surface area contributed by atoms with E-state index in [-0.39, 0.29) is 5.91 Å². The largest absolute Gasteiger partial charge is 0.380 e. The van der Waals surface area contributed by atoms with Crippen LogP contribution in [0, 0.1) is 0 Å². The highest BCUT2D eigenvalue weighted by atomic mass is 16.3. The summed E-state index contributed by atoms with van der Waals surface area (Å²) < 4.78 is 0. The van der Waals surface area contributed by atoms with Gasteiger partial charge in [0.1, 0.15) is 5.60 Å². The van der Waals surface area contributed by atoms with E-state index in [0.717, 1.165) is 11.3 Å². The number of benzene rings is 1. The summed E-state index contributed by atoms with van der Waals surface area (Å²) in [4.78, 5) is 11.5. The maximum absolute atomic E-state index is 11.5. The van der Waals surface area contributed by atoms with Gasteiger partial charge in [-0.2, -0.15) is 0 Å². The van der Waals surface area contributed by atoms with E-state index in [1.807, 2.05) is 31.2 Å². The van der Waals surface area contributed by atoms with Crippen LogP contribution < -0.4 is 5.32 Å². The van der Waals surface area contributed by atoms with Gasteiger partial charge in [-0.15, -0.1) is 0 Å². The number of amides is 1. The van der Waals surface area contributed by atoms with Gasteiger partial charge in [0.15, 0.2) is 0 Å². The Kier molecular flexibility index (Phi) is 2.04. The first-order chi connectivity index (χ1) is 6.65. The summed E-state index contributed by atoms with van der Waals surface area (Å²) in [6.45, 7) is 1.81. The van der Waals surface area contributed by atoms with E-state index in [1.165, 1.54) is 0 Å². The van der Waals surface area contributed by atoms with Crippen molar-refractivity contribution >= 4 is 11.6 Å². The number of hydrogen-bond acceptors (Lipinski definition) is 2. The Morgan fingerprint density at radius 1 is 1.50 bits per heavy atom. The fourth-order valence-corrected chi connectivity index (χ4v) is 1.72. The Hall–Kier alpha value is -1.35. The maximum atomic E-state index is 11.5. The van der Waals surface area contributed by atoms with E-state index in [2.05, 4.69) is 5.32 Å². The van der Waals surface area contributed by atoms with E-state index in [0.29, 0.717) is 12.8 Å². The van der Waals surface area contributed by atoms with Crippen molar-refractivity contribution in [3.63, 3.8) is 0 Å². The molecular weight excluding hydrogens is 178 g/mol. The second-order valence-electron chi connectivity index (χ2n) is 3.67. The van der Waals surface area contributed by atoms with Gasteiger partial charge in [0, 0.05) is 12.1 Å². The number of aliphatic hydroxyl groups is 1. The van der Waals surface area contributed by atoms with Crippen LogP contribution in [-0.4, -0.2) is 16.6 Å². The minimum absolute atomic E-state index is 0.293. The predicted octanol–water partition coefficient (Wildman–Crippen LogP) is 1.32. The topological polar surface area (TPSA) is 49.3 Å². The summed E-state index contributed by atoms with van der Waals surface area (Å²) in [5, 5.41) is 12.7. The minimum atomic E-state index is -1.23. The third-order valence-corrected chi connectivity index (χ3v) is 2.76. The number of rotatable bonds is 1. The molecule has 0 spiro atoms. The monoisotopic (exact) mass is 191 g/mol. The zero-order valence-corrected chi connectivity index (χ0v) is 8.08. The molecule has 3 heteroatoms. The van der Waals surface area contributed by atoms with Crippen LogP contribution in [0.4, 0.5) is 5.69 Å². The van der Waals surface area contributed by atoms with Gasteiger partial charge in [-0.1, -0.05) is 25.1 Å². The number of carbonyl (C=O) groups excluding carboxylic acids is 1. The molecule has 1 aliphatic rings. The average molecular weight is 191 g/mol. The summed E-state index contributed by atoms with van der Waals surface area (Å²) in [7, 11) is 0. The molecule has 3 nitrogen and oxygen atoms in total. The highest BCUT2D eigenvalue weighted by Gasteiger charge is 2.38. The number of fused-ring (bicyclic) bond motifs is 1. The number of nitrogens with one attached hydrogen (secondary N) is 1. The van der Waals surface area contributed by atoms with Crippen molar-refractivity contribution in [2.24, 2.45) is 0 Å². The van der Waals surface area contributed by atoms with Gasteiger partial charge in [-0.05, 0) is 18.1 Å². The van der Waals surface area contributed by atoms with Crippen LogP contribution >= 0.6 is 0 Å². The molecule has 1 aliphatic heterocycles. The first kappa shape index (κ1) is 9.21. The number of anilines is 1. The van der Waals surface area contributed by atoms with Crippen LogP contribution in [0.1, 0.15) is 18.9 Å². The van der Waals surface area contributed by atoms with Crippen molar-refractivity contribution in [1.29, 1.82) is 0 Å². The van der Waals surface area contributed by atoms with Crippen LogP contribution in [0.25, 0.3) is 0 Å². The van der Waals surface area contributed by atoms with Gasteiger partial charge >= 0.3 is 0 Å². The highest BCUT2D eigenvalue weighted by Crippen LogP contribution is 2.29. The van der Waals surface area contributed by atoms with E-state index in [1.54, 1.807) is 0 Å². The fraction of sp³-hybridized carbons (Fsp3) is 0.364. The average Bonchev–Trinajstić information content (AvgIpc) is 2.20. The summed E-state index contributed by atoms with van der Waals surface area (Å²) in [6.07, 6.45) is 0.846. The van der Waals surface area contributed by atoms with Crippen LogP contribution in [0.5, 0.6) is 0 Å². The van der Waals surface area contributed by atoms with E-state index < -0.39 is 5.60 Å². The van der Waals surface area contributed by atoms with Crippen molar-refractivity contribution in [3.05, 3.63) is 29.8 Å². The molecule has 1 amide bonds. The fourth-order valence-electron chi connectivity index (χ4n) is 1.72. The lowest BCUT2D eigenvalue weighted by Crippen LogP contribution is -2.47. The zero-order valence-electron chi connectivity index (χ0n) is 8.08. The highest BCUT2D eigenvalue weighted by molar-refractivity contribution is 6.00. The third kappa shape index (κ3) is 1.30. The molecule has 1 aromatic rings. The van der Waals surface area contributed by atoms with Crippen LogP contribution in [0.3, 0.4) is 0 Å². The SMILES string of the molecule is CCC1(O)Cc2ccccc2NC1=O. The van der Waals surface area contributed by atoms with Crippen LogP contribution in [-0.2, 0) is 11.2 Å². The molecule has 1 heterocycles. The second kappa shape index (κ2) is 3.10. The van der Waals surface area contributed by atoms with Crippen molar-refractivity contribution in [2.75, 3.05) is 5.32 Å². The quantitative estimate of drug-likeness (QED) is 0.703. The van der Waals surface area contributed by atoms with Gasteiger partial charge < -0.3 is 10.4 Å². The van der Waals surface area contributed by atoms with Gasteiger partial charge in [0.25, 0.3) is 5.91 Å². The molecule has 1 atom stereocenters. The van der Waals surface area contributed by atoms with Crippen molar-refractivity contribution in [2.45, 2.75) is 25.4 Å². The molecule has 0 saturated heterocycles. The molecule has 74 valence electrons. The van der Waals surface area contributed by atoms with E-state index in [4.69, 9.17) is 0 Å². The zero-order chi connectivity index (χ0) is 10.2. The summed E-state index contributed by atoms with van der Waals surface area (Å²) in [6, 6.07) is 7.56. The van der Waals surface area contributed by atoms with Gasteiger partial charge in [-0.25, -0.2) is 0 Å². The van der Waals surface area contributed by atoms with E-state index >= 15 is 0 Å². The number of carbonyl (C=O) groups is 1. The van der Waals surface area contributed by atoms with E-state index in [9.17, 15) is 9.90 Å². The summed E-state index contributed by atoms with van der Waals surface area (Å²) >= 11 is 0. The molecule has 0 aromatic heterocycles. The molecule has 0 bridgehead atoms. The van der Waals surface area contributed by atoms with Gasteiger partial charge in [0.2, 0.25) is 0 Å². The Balaban J connectivity index is 2.41. The van der Waals surface area contributed by atoms with Crippen LogP contribution in [0.2, 0.25) is 0 Å². The molecular formula is C11H13NO2. The minimum Gasteiger partial charge on any atom is -0.380 e. The Bertz CT molecular complexity index is 375. The smallest absolute Gasteiger partial charge is 0.256 e. The maximum Gasteiger partial charge on any atom is 0.256 e. The lowest BCUT2D eigenvalue weighted by molar-refractivity contribution is -0.134. The first-order valence-electron chi connectivity index (χ1n) is 4.77. The number of hydrogen-bond donors (Lipinski definition) is 2. The van der Waals surface area contributed by atoms with Crippen LogP contribution in [0.15, 0.2) is 24.3 Å². The lowest BCUT2D eigenvalue weighted by Gasteiger charge is -2.31. The number of para-hydroxylation sites is 1. The molecule has 0 fully saturated rings. The normalized spacial score (nSPS) is 25.4. The Morgan fingerprint density at radius 2 is 2.21 bits per heavy atom. The second-order valence-corrected chi connectivity index (χ2v) is 3.67. The summed E-state index contributed by atoms with van der Waals surface area (Å²) in [5.74, 6) is -0.293. The summed E-state index contributed by atoms with van der Waals surface area (Å²) in [5.41, 5.74) is 0.584. The molecule has 2 rings (SSSR count). The first-order valence-corrected chi connectivity index (χ1v) is 4.77. The Morgan fingerprint density at radius 3 is 2.93 bits per heavy atom. The molecule has 1 aromatic carbocycles. The van der Waals surface area contributed by atoms with Gasteiger partial charge in [0.05, 0.1) is 0 Å². The standard InChI is InChI=1S/C11H13NO2/c1-2-11(14)7-8-5-3-4-6-9(8)12-10(11)13/h3-6,14H,2,7H2,1H3,(H,12,13). The van der Waals surface area contributed by atoms with Crippen molar-refractivity contribution in [3.8, 4) is 0 Å². The third-order valence-electron chi connectivity index (χ3n) is 2.76. The molecule has 1 unspecified atom stereocenters. The Labute approximate surface area is 82.8 Å². The molecule has 0 saturated carbocycles. The molecule has 14 heavy (non-hydrogen) atoms. The molecule has 0 aliphatic carbocycles. The predicted molar refractivity (Wildman–Crippen MR) is 54.0 cm³/mol. The van der Waals surface area contributed by atoms with Gasteiger partial charge in [-0.3, -0.25) is 4.79 Å². The van der Waals surface area contributed by atoms with Crippen molar-refractivity contribution in [1.82, 2.24) is 0 Å². The lowest BCUT2D eigenvalue weighted by atomic mass is 9.87.